The average molecular weight is 317 g/mol. The van der Waals surface area contributed by atoms with Crippen LogP contribution in [0.25, 0.3) is 0 Å². The summed E-state index contributed by atoms with van der Waals surface area (Å²) in [7, 11) is 0. The van der Waals surface area contributed by atoms with Crippen molar-refractivity contribution in [1.29, 1.82) is 0 Å². The molecule has 1 amide bonds. The minimum Gasteiger partial charge on any atom is -0.369 e. The normalized spacial score (nSPS) is 17.0. The average Bonchev–Trinajstić information content (AvgIpc) is 3.22. The maximum absolute atomic E-state index is 11.9. The number of carbonyl (C=O) groups excluding carboxylic acids is 1. The van der Waals surface area contributed by atoms with Gasteiger partial charge in [-0.05, 0) is 32.3 Å². The summed E-state index contributed by atoms with van der Waals surface area (Å²) < 4.78 is 5.28. The van der Waals surface area contributed by atoms with Gasteiger partial charge in [-0.1, -0.05) is 41.7 Å². The van der Waals surface area contributed by atoms with E-state index in [4.69, 9.17) is 4.74 Å². The largest absolute Gasteiger partial charge is 0.369 e. The Bertz CT molecular complexity index is 652. The van der Waals surface area contributed by atoms with Crippen LogP contribution < -0.4 is 5.32 Å². The molecule has 2 aromatic rings. The van der Waals surface area contributed by atoms with Gasteiger partial charge in [0.1, 0.15) is 11.1 Å². The molecule has 1 aromatic carbocycles. The molecule has 0 bridgehead atoms. The molecule has 6 heteroatoms. The second-order valence-electron chi connectivity index (χ2n) is 5.45. The number of hydrogen-bond donors (Lipinski definition) is 1. The number of amides is 1. The lowest BCUT2D eigenvalue weighted by atomic mass is 9.97. The summed E-state index contributed by atoms with van der Waals surface area (Å²) in [5.41, 5.74) is 1.26. The van der Waals surface area contributed by atoms with Gasteiger partial charge >= 0.3 is 0 Å². The lowest BCUT2D eigenvalue weighted by molar-refractivity contribution is -0.126. The highest BCUT2D eigenvalue weighted by Gasteiger charge is 2.48. The molecule has 0 spiro atoms. The van der Waals surface area contributed by atoms with E-state index < -0.39 is 6.10 Å². The molecule has 1 aliphatic carbocycles. The Morgan fingerprint density at radius 1 is 1.36 bits per heavy atom. The van der Waals surface area contributed by atoms with E-state index in [9.17, 15) is 4.79 Å². The molecular weight excluding hydrogens is 298 g/mol. The molecule has 0 radical (unpaired) electrons. The fourth-order valence-corrected chi connectivity index (χ4v) is 3.52. The summed E-state index contributed by atoms with van der Waals surface area (Å²) in [5, 5.41) is 12.7. The number of anilines is 1. The predicted octanol–water partition coefficient (Wildman–Crippen LogP) is 2.98. The summed E-state index contributed by atoms with van der Waals surface area (Å²) in [6.45, 7) is 4.10. The van der Waals surface area contributed by atoms with Gasteiger partial charge in [0.15, 0.2) is 0 Å². The number of benzene rings is 1. The maximum Gasteiger partial charge on any atom is 0.255 e. The molecular formula is C16H19N3O2S. The van der Waals surface area contributed by atoms with Gasteiger partial charge in [-0.25, -0.2) is 0 Å². The van der Waals surface area contributed by atoms with Crippen molar-refractivity contribution in [2.45, 2.75) is 38.2 Å². The number of nitrogens with zero attached hydrogens (tertiary/aromatic N) is 2. The van der Waals surface area contributed by atoms with Crippen molar-refractivity contribution in [3.8, 4) is 0 Å². The van der Waals surface area contributed by atoms with E-state index in [-0.39, 0.29) is 11.3 Å². The van der Waals surface area contributed by atoms with Crippen LogP contribution in [-0.4, -0.2) is 28.8 Å². The smallest absolute Gasteiger partial charge is 0.255 e. The van der Waals surface area contributed by atoms with Crippen LogP contribution in [0.5, 0.6) is 0 Å². The van der Waals surface area contributed by atoms with Gasteiger partial charge in [0.05, 0.1) is 0 Å². The lowest BCUT2D eigenvalue weighted by Gasteiger charge is -2.11. The number of ether oxygens (including phenoxy) is 1. The Hall–Kier alpha value is -1.79. The van der Waals surface area contributed by atoms with E-state index in [1.807, 2.05) is 25.1 Å². The first-order chi connectivity index (χ1) is 10.7. The first-order valence-corrected chi connectivity index (χ1v) is 8.29. The van der Waals surface area contributed by atoms with E-state index in [2.05, 4.69) is 27.6 Å². The van der Waals surface area contributed by atoms with Crippen molar-refractivity contribution in [3.63, 3.8) is 0 Å². The quantitative estimate of drug-likeness (QED) is 0.889. The third-order valence-corrected chi connectivity index (χ3v) is 4.97. The van der Waals surface area contributed by atoms with E-state index in [1.165, 1.54) is 16.9 Å². The number of carbonyl (C=O) groups is 1. The highest BCUT2D eigenvalue weighted by Crippen LogP contribution is 2.54. The van der Waals surface area contributed by atoms with E-state index >= 15 is 0 Å². The van der Waals surface area contributed by atoms with E-state index in [0.29, 0.717) is 11.7 Å². The van der Waals surface area contributed by atoms with Crippen molar-refractivity contribution in [1.82, 2.24) is 10.2 Å². The Morgan fingerprint density at radius 3 is 2.73 bits per heavy atom. The Balaban J connectivity index is 1.73. The van der Waals surface area contributed by atoms with Crippen LogP contribution in [0.15, 0.2) is 30.3 Å². The van der Waals surface area contributed by atoms with Crippen molar-refractivity contribution in [2.75, 3.05) is 11.9 Å². The Morgan fingerprint density at radius 2 is 2.09 bits per heavy atom. The molecule has 1 atom stereocenters. The van der Waals surface area contributed by atoms with Gasteiger partial charge in [0, 0.05) is 12.0 Å². The highest BCUT2D eigenvalue weighted by atomic mass is 32.1. The van der Waals surface area contributed by atoms with Crippen LogP contribution in [0.2, 0.25) is 0 Å². The lowest BCUT2D eigenvalue weighted by Crippen LogP contribution is -2.27. The van der Waals surface area contributed by atoms with Gasteiger partial charge < -0.3 is 4.74 Å². The second kappa shape index (κ2) is 6.14. The van der Waals surface area contributed by atoms with Crippen molar-refractivity contribution < 1.29 is 9.53 Å². The molecule has 1 aromatic heterocycles. The minimum absolute atomic E-state index is 0.00651. The van der Waals surface area contributed by atoms with Crippen LogP contribution in [0.1, 0.15) is 37.3 Å². The van der Waals surface area contributed by atoms with Gasteiger partial charge in [0.25, 0.3) is 5.91 Å². The molecule has 1 aliphatic rings. The SMILES string of the molecule is CCOC(C)C(=O)Nc1nnc(C2(c3ccccc3)CC2)s1. The third-order valence-electron chi connectivity index (χ3n) is 3.93. The van der Waals surface area contributed by atoms with E-state index in [0.717, 1.165) is 17.8 Å². The zero-order valence-electron chi connectivity index (χ0n) is 12.7. The molecule has 1 fully saturated rings. The molecule has 1 heterocycles. The van der Waals surface area contributed by atoms with Crippen LogP contribution in [0.4, 0.5) is 5.13 Å². The second-order valence-corrected chi connectivity index (χ2v) is 6.42. The molecule has 0 saturated heterocycles. The van der Waals surface area contributed by atoms with Crippen molar-refractivity contribution >= 4 is 22.4 Å². The van der Waals surface area contributed by atoms with Crippen LogP contribution in [0, 0.1) is 0 Å². The molecule has 5 nitrogen and oxygen atoms in total. The molecule has 1 saturated carbocycles. The summed E-state index contributed by atoms with van der Waals surface area (Å²) in [4.78, 5) is 11.9. The van der Waals surface area contributed by atoms with Gasteiger partial charge in [0.2, 0.25) is 5.13 Å². The molecule has 116 valence electrons. The molecule has 3 rings (SSSR count). The van der Waals surface area contributed by atoms with Crippen LogP contribution in [-0.2, 0) is 14.9 Å². The van der Waals surface area contributed by atoms with Gasteiger partial charge in [-0.3, -0.25) is 10.1 Å². The first-order valence-electron chi connectivity index (χ1n) is 7.47. The number of nitrogens with one attached hydrogen (secondary N) is 1. The van der Waals surface area contributed by atoms with Crippen molar-refractivity contribution in [3.05, 3.63) is 40.9 Å². The first kappa shape index (κ1) is 15.1. The van der Waals surface area contributed by atoms with Gasteiger partial charge in [-0.15, -0.1) is 10.2 Å². The summed E-state index contributed by atoms with van der Waals surface area (Å²) in [5.74, 6) is -0.186. The maximum atomic E-state index is 11.9. The Kier molecular flexibility index (Phi) is 4.22. The topological polar surface area (TPSA) is 64.1 Å². The Labute approximate surface area is 133 Å². The van der Waals surface area contributed by atoms with E-state index in [1.54, 1.807) is 6.92 Å². The van der Waals surface area contributed by atoms with Crippen molar-refractivity contribution in [2.24, 2.45) is 0 Å². The van der Waals surface area contributed by atoms with Gasteiger partial charge in [-0.2, -0.15) is 0 Å². The minimum atomic E-state index is -0.485. The summed E-state index contributed by atoms with van der Waals surface area (Å²) in [6, 6.07) is 10.4. The molecule has 22 heavy (non-hydrogen) atoms. The fraction of sp³-hybridized carbons (Fsp3) is 0.438. The number of aromatic nitrogens is 2. The van der Waals surface area contributed by atoms with Crippen LogP contribution in [0.3, 0.4) is 0 Å². The summed E-state index contributed by atoms with van der Waals surface area (Å²) in [6.07, 6.45) is 1.67. The molecule has 0 aliphatic heterocycles. The third kappa shape index (κ3) is 2.89. The zero-order valence-corrected chi connectivity index (χ0v) is 13.5. The molecule has 1 N–H and O–H groups in total. The monoisotopic (exact) mass is 317 g/mol. The molecule has 1 unspecified atom stereocenters. The zero-order chi connectivity index (χ0) is 15.6. The van der Waals surface area contributed by atoms with Crippen LogP contribution >= 0.6 is 11.3 Å². The number of rotatable bonds is 6. The highest BCUT2D eigenvalue weighted by molar-refractivity contribution is 7.15. The fourth-order valence-electron chi connectivity index (χ4n) is 2.51. The predicted molar refractivity (Wildman–Crippen MR) is 86.1 cm³/mol. The summed E-state index contributed by atoms with van der Waals surface area (Å²) >= 11 is 1.45. The standard InChI is InChI=1S/C16H19N3O2S/c1-3-21-11(2)13(20)17-15-19-18-14(22-15)16(9-10-16)12-7-5-4-6-8-12/h4-8,11H,3,9-10H2,1-2H3,(H,17,19,20). The number of hydrogen-bond acceptors (Lipinski definition) is 5.